The number of nitrogens with one attached hydrogen (secondary N) is 1. The van der Waals surface area contributed by atoms with E-state index < -0.39 is 30.5 Å². The Morgan fingerprint density at radius 1 is 1.00 bits per heavy atom. The summed E-state index contributed by atoms with van der Waals surface area (Å²) in [6, 6.07) is 9.07. The summed E-state index contributed by atoms with van der Waals surface area (Å²) in [6.45, 7) is 0. The molecule has 2 rings (SSSR count). The molecule has 0 radical (unpaired) electrons. The van der Waals surface area contributed by atoms with Crippen molar-refractivity contribution in [2.45, 2.75) is 30.5 Å². The molecule has 0 unspecified atom stereocenters. The maximum absolute atomic E-state index is 9.91. The molecule has 1 aromatic carbocycles. The van der Waals surface area contributed by atoms with Crippen molar-refractivity contribution in [3.63, 3.8) is 0 Å². The molecule has 1 saturated carbocycles. The Bertz CT molecular complexity index is 567. The van der Waals surface area contributed by atoms with Gasteiger partial charge in [-0.05, 0) is 24.4 Å². The fraction of sp³-hybridized carbons (Fsp3) is 0.429. The fourth-order valence-corrected chi connectivity index (χ4v) is 2.32. The van der Waals surface area contributed by atoms with E-state index >= 15 is 0 Å². The van der Waals surface area contributed by atoms with Crippen LogP contribution >= 0.6 is 12.2 Å². The first-order valence-electron chi connectivity index (χ1n) is 6.91. The second-order valence-corrected chi connectivity index (χ2v) is 5.59. The van der Waals surface area contributed by atoms with Gasteiger partial charge in [-0.15, -0.1) is 0 Å². The molecule has 1 fully saturated rings. The molecule has 5 atom stereocenters. The van der Waals surface area contributed by atoms with Crippen LogP contribution in [0, 0.1) is 0 Å². The second-order valence-electron chi connectivity index (χ2n) is 5.21. The first-order chi connectivity index (χ1) is 10.8. The van der Waals surface area contributed by atoms with Crippen LogP contribution in [-0.2, 0) is 0 Å². The molecular weight excluding hydrogens is 322 g/mol. The van der Waals surface area contributed by atoms with Crippen LogP contribution in [0.25, 0.3) is 0 Å². The maximum Gasteiger partial charge on any atom is 0.193 e. The van der Waals surface area contributed by atoms with E-state index in [2.05, 4.69) is 10.4 Å². The third-order valence-corrected chi connectivity index (χ3v) is 3.90. The zero-order chi connectivity index (χ0) is 17.1. The average molecular weight is 341 g/mol. The van der Waals surface area contributed by atoms with Crippen LogP contribution in [0.1, 0.15) is 0 Å². The van der Waals surface area contributed by atoms with Gasteiger partial charge in [-0.25, -0.2) is 5.01 Å². The van der Waals surface area contributed by atoms with Crippen molar-refractivity contribution < 1.29 is 25.5 Å². The first-order valence-corrected chi connectivity index (χ1v) is 7.32. The van der Waals surface area contributed by atoms with Gasteiger partial charge in [0.1, 0.15) is 36.2 Å². The highest BCUT2D eigenvalue weighted by Crippen LogP contribution is 2.20. The van der Waals surface area contributed by atoms with Crippen molar-refractivity contribution in [1.29, 1.82) is 0 Å². The van der Waals surface area contributed by atoms with Gasteiger partial charge in [0, 0.05) is 12.7 Å². The van der Waals surface area contributed by atoms with Gasteiger partial charge >= 0.3 is 0 Å². The number of anilines is 1. The predicted octanol–water partition coefficient (Wildman–Crippen LogP) is -1.51. The monoisotopic (exact) mass is 341 g/mol. The van der Waals surface area contributed by atoms with Crippen molar-refractivity contribution in [3.8, 4) is 0 Å². The quantitative estimate of drug-likeness (QED) is 0.283. The minimum Gasteiger partial charge on any atom is -0.387 e. The molecule has 1 aromatic rings. The molecule has 1 aliphatic carbocycles. The molecule has 8 nitrogen and oxygen atoms in total. The minimum atomic E-state index is -1.67. The number of rotatable bonds is 2. The summed E-state index contributed by atoms with van der Waals surface area (Å²) in [5.41, 5.74) is 0.444. The summed E-state index contributed by atoms with van der Waals surface area (Å²) in [5, 5.41) is 56.9. The Balaban J connectivity index is 2.13. The summed E-state index contributed by atoms with van der Waals surface area (Å²) in [7, 11) is 1.48. The Morgan fingerprint density at radius 2 is 1.52 bits per heavy atom. The van der Waals surface area contributed by atoms with Crippen LogP contribution in [0.3, 0.4) is 0 Å². The van der Waals surface area contributed by atoms with Gasteiger partial charge in [-0.1, -0.05) is 18.2 Å². The molecule has 6 N–H and O–H groups in total. The molecule has 0 spiro atoms. The van der Waals surface area contributed by atoms with Gasteiger partial charge in [0.15, 0.2) is 5.11 Å². The van der Waals surface area contributed by atoms with E-state index in [1.54, 1.807) is 12.1 Å². The lowest BCUT2D eigenvalue weighted by Gasteiger charge is -2.37. The Labute approximate surface area is 138 Å². The molecule has 1 aliphatic rings. The topological polar surface area (TPSA) is 129 Å². The zero-order valence-corrected chi connectivity index (χ0v) is 13.1. The molecule has 0 amide bonds. The lowest BCUT2D eigenvalue weighted by Crippen LogP contribution is -2.62. The summed E-state index contributed by atoms with van der Waals surface area (Å²) >= 11 is 5.16. The van der Waals surface area contributed by atoms with Crippen molar-refractivity contribution in [2.75, 3.05) is 12.4 Å². The number of para-hydroxylation sites is 1. The van der Waals surface area contributed by atoms with Gasteiger partial charge in [0.2, 0.25) is 0 Å². The Hall–Kier alpha value is -1.62. The highest BCUT2D eigenvalue weighted by atomic mass is 32.1. The SMILES string of the molecule is CN(/N=C1\[C@@H](O)[C@@H](O)[C@@H](O)[C@H](O)[C@H]1O)C(=S)Nc1ccccc1. The average Bonchev–Trinajstić information content (AvgIpc) is 2.55. The van der Waals surface area contributed by atoms with E-state index in [1.807, 2.05) is 18.2 Å². The van der Waals surface area contributed by atoms with E-state index in [4.69, 9.17) is 12.2 Å². The number of aliphatic hydroxyl groups excluding tert-OH is 5. The molecule has 126 valence electrons. The van der Waals surface area contributed by atoms with E-state index in [0.717, 1.165) is 5.69 Å². The second kappa shape index (κ2) is 7.30. The number of hydrazone groups is 1. The van der Waals surface area contributed by atoms with E-state index in [9.17, 15) is 25.5 Å². The number of thiocarbonyl (C=S) groups is 1. The van der Waals surface area contributed by atoms with Gasteiger partial charge in [0.25, 0.3) is 0 Å². The van der Waals surface area contributed by atoms with Crippen molar-refractivity contribution in [2.24, 2.45) is 5.10 Å². The van der Waals surface area contributed by atoms with Crippen molar-refractivity contribution >= 4 is 28.7 Å². The smallest absolute Gasteiger partial charge is 0.193 e. The standard InChI is InChI=1S/C14H19N3O5S/c1-17(14(23)15-7-5-3-2-4-6-7)16-8-9(18)11(20)13(22)12(21)10(8)19/h2-6,9-13,18-22H,1H3,(H,15,23)/b16-8-/t9-,10+,11+,12+,13-/m0/s1. The normalized spacial score (nSPS) is 32.6. The Kier molecular flexibility index (Phi) is 5.63. The van der Waals surface area contributed by atoms with E-state index in [0.29, 0.717) is 0 Å². The van der Waals surface area contributed by atoms with Crippen molar-refractivity contribution in [1.82, 2.24) is 5.01 Å². The van der Waals surface area contributed by atoms with Crippen LogP contribution in [0.5, 0.6) is 0 Å². The van der Waals surface area contributed by atoms with Gasteiger partial charge in [0.05, 0.1) is 0 Å². The van der Waals surface area contributed by atoms with Crippen LogP contribution in [-0.4, -0.2) is 78.9 Å². The summed E-state index contributed by atoms with van der Waals surface area (Å²) in [5.74, 6) is 0. The predicted molar refractivity (Wildman–Crippen MR) is 87.9 cm³/mol. The fourth-order valence-electron chi connectivity index (χ4n) is 2.16. The molecule has 0 aliphatic heterocycles. The minimum absolute atomic E-state index is 0.179. The zero-order valence-electron chi connectivity index (χ0n) is 12.3. The molecule has 9 heteroatoms. The number of hydrogen-bond donors (Lipinski definition) is 6. The largest absolute Gasteiger partial charge is 0.387 e. The number of benzene rings is 1. The van der Waals surface area contributed by atoms with Crippen LogP contribution in [0.4, 0.5) is 5.69 Å². The van der Waals surface area contributed by atoms with Crippen LogP contribution in [0.2, 0.25) is 0 Å². The number of aliphatic hydroxyl groups is 5. The Morgan fingerprint density at radius 3 is 2.04 bits per heavy atom. The molecule has 0 aromatic heterocycles. The van der Waals surface area contributed by atoms with E-state index in [-0.39, 0.29) is 10.8 Å². The molecule has 0 heterocycles. The van der Waals surface area contributed by atoms with Gasteiger partial charge < -0.3 is 30.8 Å². The summed E-state index contributed by atoms with van der Waals surface area (Å²) in [4.78, 5) is 0. The van der Waals surface area contributed by atoms with E-state index in [1.165, 1.54) is 12.1 Å². The van der Waals surface area contributed by atoms with Gasteiger partial charge in [-0.3, -0.25) is 0 Å². The number of hydrogen-bond acceptors (Lipinski definition) is 7. The van der Waals surface area contributed by atoms with Crippen molar-refractivity contribution in [3.05, 3.63) is 30.3 Å². The molecule has 0 bridgehead atoms. The van der Waals surface area contributed by atoms with Gasteiger partial charge in [-0.2, -0.15) is 5.10 Å². The molecule has 0 saturated heterocycles. The highest BCUT2D eigenvalue weighted by Gasteiger charge is 2.46. The lowest BCUT2D eigenvalue weighted by molar-refractivity contribution is -0.130. The van der Waals surface area contributed by atoms with Crippen LogP contribution in [0.15, 0.2) is 35.4 Å². The number of nitrogens with zero attached hydrogens (tertiary/aromatic N) is 2. The maximum atomic E-state index is 9.91. The third-order valence-electron chi connectivity index (χ3n) is 3.54. The highest BCUT2D eigenvalue weighted by molar-refractivity contribution is 7.80. The first kappa shape index (κ1) is 17.7. The third kappa shape index (κ3) is 3.83. The lowest BCUT2D eigenvalue weighted by atomic mass is 9.85. The summed E-state index contributed by atoms with van der Waals surface area (Å²) in [6.07, 6.45) is -8.22. The molecular formula is C14H19N3O5S. The van der Waals surface area contributed by atoms with Crippen LogP contribution < -0.4 is 5.32 Å². The summed E-state index contributed by atoms with van der Waals surface area (Å²) < 4.78 is 0. The molecule has 23 heavy (non-hydrogen) atoms.